The number of cyclic esters (lactones) is 1. The zero-order valence-electron chi connectivity index (χ0n) is 16.1. The summed E-state index contributed by atoms with van der Waals surface area (Å²) in [6, 6.07) is 9.20. The molecule has 2 amide bonds. The molecule has 0 bridgehead atoms. The zero-order chi connectivity index (χ0) is 20.0. The molecule has 1 heterocycles. The lowest BCUT2D eigenvalue weighted by molar-refractivity contribution is -0.158. The van der Waals surface area contributed by atoms with Crippen molar-refractivity contribution in [2.24, 2.45) is 5.92 Å². The van der Waals surface area contributed by atoms with Gasteiger partial charge >= 0.3 is 12.1 Å². The lowest BCUT2D eigenvalue weighted by Gasteiger charge is -2.25. The van der Waals surface area contributed by atoms with E-state index in [9.17, 15) is 14.4 Å². The van der Waals surface area contributed by atoms with Gasteiger partial charge in [-0.15, -0.1) is 6.58 Å². The number of nitrogens with zero attached hydrogens (tertiary/aromatic N) is 1. The molecule has 1 aromatic rings. The van der Waals surface area contributed by atoms with Gasteiger partial charge in [0.25, 0.3) is 0 Å². The van der Waals surface area contributed by atoms with Gasteiger partial charge < -0.3 is 9.47 Å². The van der Waals surface area contributed by atoms with E-state index in [2.05, 4.69) is 6.58 Å². The molecular weight excluding hydrogens is 346 g/mol. The molecule has 1 fully saturated rings. The number of hydrogen-bond donors (Lipinski definition) is 0. The first kappa shape index (κ1) is 20.7. The van der Waals surface area contributed by atoms with Crippen LogP contribution in [-0.4, -0.2) is 41.1 Å². The molecule has 1 aromatic carbocycles. The van der Waals surface area contributed by atoms with Gasteiger partial charge in [0.2, 0.25) is 5.91 Å². The molecule has 2 atom stereocenters. The summed E-state index contributed by atoms with van der Waals surface area (Å²) >= 11 is 0. The maximum absolute atomic E-state index is 13.0. The molecule has 0 spiro atoms. The number of allylic oxidation sites excluding steroid dienone is 1. The molecule has 0 aliphatic carbocycles. The number of imide groups is 1. The average Bonchev–Trinajstić information content (AvgIpc) is 2.93. The number of hydrogen-bond acceptors (Lipinski definition) is 5. The monoisotopic (exact) mass is 373 g/mol. The molecular formula is C21H27NO5. The number of amides is 2. The van der Waals surface area contributed by atoms with Crippen LogP contribution in [0.5, 0.6) is 0 Å². The van der Waals surface area contributed by atoms with Gasteiger partial charge in [0.05, 0.1) is 18.4 Å². The van der Waals surface area contributed by atoms with E-state index in [1.54, 1.807) is 26.8 Å². The fourth-order valence-corrected chi connectivity index (χ4v) is 3.02. The van der Waals surface area contributed by atoms with E-state index in [1.807, 2.05) is 30.3 Å². The van der Waals surface area contributed by atoms with Crippen LogP contribution in [0.25, 0.3) is 0 Å². The molecule has 1 aliphatic heterocycles. The van der Waals surface area contributed by atoms with Crippen LogP contribution < -0.4 is 0 Å². The second-order valence-corrected chi connectivity index (χ2v) is 7.64. The second-order valence-electron chi connectivity index (χ2n) is 7.64. The third-order valence-electron chi connectivity index (χ3n) is 4.15. The van der Waals surface area contributed by atoms with Crippen molar-refractivity contribution in [1.82, 2.24) is 4.90 Å². The molecule has 146 valence electrons. The summed E-state index contributed by atoms with van der Waals surface area (Å²) in [6.07, 6.45) is 1.58. The number of rotatable bonds is 7. The second kappa shape index (κ2) is 8.84. The minimum absolute atomic E-state index is 0.107. The van der Waals surface area contributed by atoms with E-state index in [0.29, 0.717) is 6.42 Å². The van der Waals surface area contributed by atoms with Crippen molar-refractivity contribution in [2.75, 3.05) is 6.61 Å². The Hall–Kier alpha value is -2.63. The third-order valence-corrected chi connectivity index (χ3v) is 4.15. The first-order valence-corrected chi connectivity index (χ1v) is 9.07. The van der Waals surface area contributed by atoms with Crippen LogP contribution in [0, 0.1) is 5.92 Å². The summed E-state index contributed by atoms with van der Waals surface area (Å²) in [6.45, 7) is 9.10. The van der Waals surface area contributed by atoms with E-state index < -0.39 is 35.5 Å². The minimum Gasteiger partial charge on any atom is -0.460 e. The average molecular weight is 373 g/mol. The van der Waals surface area contributed by atoms with Crippen molar-refractivity contribution >= 4 is 18.0 Å². The molecule has 6 heteroatoms. The Kier molecular flexibility index (Phi) is 6.77. The van der Waals surface area contributed by atoms with Crippen LogP contribution in [0.2, 0.25) is 0 Å². The van der Waals surface area contributed by atoms with Crippen LogP contribution in [0.1, 0.15) is 39.2 Å². The minimum atomic E-state index is -0.707. The summed E-state index contributed by atoms with van der Waals surface area (Å²) in [5.41, 5.74) is 0.368. The zero-order valence-corrected chi connectivity index (χ0v) is 16.1. The van der Waals surface area contributed by atoms with Crippen LogP contribution >= 0.6 is 0 Å². The van der Waals surface area contributed by atoms with Crippen molar-refractivity contribution in [3.05, 3.63) is 48.6 Å². The molecule has 1 saturated heterocycles. The topological polar surface area (TPSA) is 72.9 Å². The van der Waals surface area contributed by atoms with E-state index in [1.165, 1.54) is 0 Å². The maximum atomic E-state index is 13.0. The number of carbonyl (C=O) groups is 3. The fourth-order valence-electron chi connectivity index (χ4n) is 3.02. The molecule has 1 aliphatic rings. The summed E-state index contributed by atoms with van der Waals surface area (Å²) in [5, 5.41) is 0. The van der Waals surface area contributed by atoms with E-state index >= 15 is 0 Å². The summed E-state index contributed by atoms with van der Waals surface area (Å²) in [7, 11) is 0. The predicted octanol–water partition coefficient (Wildman–Crippen LogP) is 3.50. The lowest BCUT2D eigenvalue weighted by atomic mass is 9.97. The van der Waals surface area contributed by atoms with Crippen molar-refractivity contribution in [1.29, 1.82) is 0 Å². The highest BCUT2D eigenvalue weighted by molar-refractivity contribution is 5.96. The summed E-state index contributed by atoms with van der Waals surface area (Å²) < 4.78 is 10.4. The Balaban J connectivity index is 2.12. The molecule has 0 saturated carbocycles. The Morgan fingerprint density at radius 2 is 2.00 bits per heavy atom. The van der Waals surface area contributed by atoms with E-state index in [4.69, 9.17) is 9.47 Å². The molecule has 0 N–H and O–H groups in total. The van der Waals surface area contributed by atoms with Crippen LogP contribution in [0.15, 0.2) is 43.0 Å². The van der Waals surface area contributed by atoms with Gasteiger partial charge in [0.1, 0.15) is 12.2 Å². The third kappa shape index (κ3) is 5.94. The first-order valence-electron chi connectivity index (χ1n) is 9.07. The van der Waals surface area contributed by atoms with Gasteiger partial charge in [-0.25, -0.2) is 9.69 Å². The molecule has 2 rings (SSSR count). The normalized spacial score (nSPS) is 18.0. The van der Waals surface area contributed by atoms with Gasteiger partial charge in [-0.05, 0) is 39.2 Å². The number of benzene rings is 1. The van der Waals surface area contributed by atoms with Gasteiger partial charge in [-0.1, -0.05) is 36.4 Å². The molecule has 0 aromatic heterocycles. The SMILES string of the molecule is C=CC[C@H](CC(=O)OC(C)(C)C)C(=O)N1C(=O)OC[C@H]1Cc1ccccc1. The summed E-state index contributed by atoms with van der Waals surface area (Å²) in [5.74, 6) is -1.61. The molecule has 27 heavy (non-hydrogen) atoms. The van der Waals surface area contributed by atoms with E-state index in [0.717, 1.165) is 10.5 Å². The lowest BCUT2D eigenvalue weighted by Crippen LogP contribution is -2.44. The maximum Gasteiger partial charge on any atom is 0.416 e. The van der Waals surface area contributed by atoms with Gasteiger partial charge in [-0.3, -0.25) is 9.59 Å². The van der Waals surface area contributed by atoms with Gasteiger partial charge in [0, 0.05) is 0 Å². The fraction of sp³-hybridized carbons (Fsp3) is 0.476. The quantitative estimate of drug-likeness (QED) is 0.540. The summed E-state index contributed by atoms with van der Waals surface area (Å²) in [4.78, 5) is 38.5. The van der Waals surface area contributed by atoms with Crippen molar-refractivity contribution < 1.29 is 23.9 Å². The van der Waals surface area contributed by atoms with Gasteiger partial charge in [-0.2, -0.15) is 0 Å². The predicted molar refractivity (Wildman–Crippen MR) is 101 cm³/mol. The first-order chi connectivity index (χ1) is 12.7. The van der Waals surface area contributed by atoms with E-state index in [-0.39, 0.29) is 19.4 Å². The standard InChI is InChI=1S/C21H27NO5/c1-5-9-16(13-18(23)27-21(2,3)4)19(24)22-17(14-26-20(22)25)12-15-10-7-6-8-11-15/h5-8,10-11,16-17H,1,9,12-14H2,2-4H3/t16-,17-/m1/s1. The highest BCUT2D eigenvalue weighted by atomic mass is 16.6. The van der Waals surface area contributed by atoms with Crippen LogP contribution in [0.4, 0.5) is 4.79 Å². The number of carbonyl (C=O) groups excluding carboxylic acids is 3. The Morgan fingerprint density at radius 3 is 2.59 bits per heavy atom. The molecule has 0 unspecified atom stereocenters. The van der Waals surface area contributed by atoms with Gasteiger partial charge in [0.15, 0.2) is 0 Å². The largest absolute Gasteiger partial charge is 0.460 e. The molecule has 0 radical (unpaired) electrons. The smallest absolute Gasteiger partial charge is 0.416 e. The van der Waals surface area contributed by atoms with Crippen LogP contribution in [0.3, 0.4) is 0 Å². The number of esters is 1. The number of ether oxygens (including phenoxy) is 2. The Morgan fingerprint density at radius 1 is 1.33 bits per heavy atom. The highest BCUT2D eigenvalue weighted by Crippen LogP contribution is 2.24. The van der Waals surface area contributed by atoms with Crippen molar-refractivity contribution in [3.63, 3.8) is 0 Å². The van der Waals surface area contributed by atoms with Crippen molar-refractivity contribution in [2.45, 2.75) is 51.7 Å². The van der Waals surface area contributed by atoms with Crippen molar-refractivity contribution in [3.8, 4) is 0 Å². The Bertz CT molecular complexity index is 692. The highest BCUT2D eigenvalue weighted by Gasteiger charge is 2.41. The van der Waals surface area contributed by atoms with Crippen LogP contribution in [-0.2, 0) is 25.5 Å². The molecule has 6 nitrogen and oxygen atoms in total. The Labute approximate surface area is 160 Å².